The molecule has 0 atom stereocenters. The Bertz CT molecular complexity index is 347. The van der Waals surface area contributed by atoms with Crippen LogP contribution < -0.4 is 11.1 Å². The number of hydrogen-bond acceptors (Lipinski definition) is 4. The molecule has 1 saturated carbocycles. The van der Waals surface area contributed by atoms with Crippen molar-refractivity contribution in [2.75, 3.05) is 0 Å². The fraction of sp³-hybridized carbons (Fsp3) is 0.625. The van der Waals surface area contributed by atoms with E-state index in [1.165, 1.54) is 24.4 Å². The van der Waals surface area contributed by atoms with Gasteiger partial charge in [-0.05, 0) is 31.3 Å². The van der Waals surface area contributed by atoms with E-state index in [-0.39, 0.29) is 24.0 Å². The molecule has 7 heteroatoms. The molecule has 0 bridgehead atoms. The highest BCUT2D eigenvalue weighted by atomic mass is 127. The lowest BCUT2D eigenvalue weighted by Gasteiger charge is -2.01. The minimum atomic E-state index is 0. The molecule has 0 aromatic carbocycles. The van der Waals surface area contributed by atoms with Crippen LogP contribution in [0.3, 0.4) is 0 Å². The zero-order chi connectivity index (χ0) is 9.97. The van der Waals surface area contributed by atoms with Gasteiger partial charge in [0.05, 0.1) is 17.1 Å². The van der Waals surface area contributed by atoms with Gasteiger partial charge < -0.3 is 11.1 Å². The molecule has 1 fully saturated rings. The van der Waals surface area contributed by atoms with Crippen molar-refractivity contribution in [3.63, 3.8) is 0 Å². The summed E-state index contributed by atoms with van der Waals surface area (Å²) < 4.78 is 3.83. The van der Waals surface area contributed by atoms with E-state index in [9.17, 15) is 0 Å². The quantitative estimate of drug-likeness (QED) is 0.490. The fourth-order valence-electron chi connectivity index (χ4n) is 1.04. The largest absolute Gasteiger partial charge is 0.370 e. The third-order valence-electron chi connectivity index (χ3n) is 2.07. The minimum absolute atomic E-state index is 0. The van der Waals surface area contributed by atoms with Crippen LogP contribution in [0.4, 0.5) is 0 Å². The molecule has 3 N–H and O–H groups in total. The van der Waals surface area contributed by atoms with Crippen molar-refractivity contribution < 1.29 is 0 Å². The molecule has 0 amide bonds. The van der Waals surface area contributed by atoms with Crippen LogP contribution in [0.1, 0.15) is 23.4 Å². The third-order valence-corrected chi connectivity index (χ3v) is 2.88. The molecule has 1 aliphatic rings. The Balaban J connectivity index is 0.00000112. The normalized spacial score (nSPS) is 15.9. The zero-order valence-electron chi connectivity index (χ0n) is 8.43. The number of nitrogens with two attached hydrogens (primary N) is 1. The summed E-state index contributed by atoms with van der Waals surface area (Å²) in [5, 5.41) is 7.03. The molecule has 0 aliphatic heterocycles. The lowest BCUT2D eigenvalue weighted by molar-refractivity contribution is 0.879. The average molecular weight is 339 g/mol. The molecule has 1 aliphatic carbocycles. The van der Waals surface area contributed by atoms with Crippen molar-refractivity contribution in [3.8, 4) is 0 Å². The second-order valence-electron chi connectivity index (χ2n) is 3.40. The van der Waals surface area contributed by atoms with Crippen LogP contribution in [-0.4, -0.2) is 21.6 Å². The molecule has 0 spiro atoms. The summed E-state index contributed by atoms with van der Waals surface area (Å²) in [5.74, 6) is 0.528. The van der Waals surface area contributed by atoms with Crippen LogP contribution in [0.5, 0.6) is 0 Å². The van der Waals surface area contributed by atoms with E-state index >= 15 is 0 Å². The summed E-state index contributed by atoms with van der Waals surface area (Å²) in [6.45, 7) is 2.51. The number of hydrogen-bond donors (Lipinski definition) is 2. The summed E-state index contributed by atoms with van der Waals surface area (Å²) in [4.78, 5) is 5.30. The molecule has 1 heterocycles. The fourth-order valence-corrected chi connectivity index (χ4v) is 1.59. The predicted octanol–water partition coefficient (Wildman–Crippen LogP) is 1.03. The smallest absolute Gasteiger partial charge is 0.189 e. The average Bonchev–Trinajstić information content (AvgIpc) is 2.86. The van der Waals surface area contributed by atoms with Crippen molar-refractivity contribution in [1.82, 2.24) is 14.9 Å². The van der Waals surface area contributed by atoms with Gasteiger partial charge in [0.15, 0.2) is 5.96 Å². The standard InChI is InChI=1S/C8H13N5S.HI/c1-5-7(14-13-12-5)4-10-8(9)11-6-2-3-6;/h6H,2-4H2,1H3,(H3,9,10,11);1H. The predicted molar refractivity (Wildman–Crippen MR) is 71.5 cm³/mol. The van der Waals surface area contributed by atoms with E-state index < -0.39 is 0 Å². The van der Waals surface area contributed by atoms with Crippen molar-refractivity contribution in [1.29, 1.82) is 0 Å². The highest BCUT2D eigenvalue weighted by molar-refractivity contribution is 14.0. The number of aryl methyl sites for hydroxylation is 1. The number of nitrogens with one attached hydrogen (secondary N) is 1. The van der Waals surface area contributed by atoms with Crippen LogP contribution in [0, 0.1) is 6.92 Å². The first-order valence-electron chi connectivity index (χ1n) is 4.60. The highest BCUT2D eigenvalue weighted by Gasteiger charge is 2.21. The SMILES string of the molecule is Cc1nnsc1CN=C(N)NC1CC1.I. The second-order valence-corrected chi connectivity index (χ2v) is 4.24. The Morgan fingerprint density at radius 1 is 1.67 bits per heavy atom. The summed E-state index contributed by atoms with van der Waals surface area (Å²) in [6.07, 6.45) is 2.41. The Kier molecular flexibility index (Phi) is 4.71. The van der Waals surface area contributed by atoms with Crippen molar-refractivity contribution >= 4 is 41.5 Å². The zero-order valence-corrected chi connectivity index (χ0v) is 11.6. The molecule has 5 nitrogen and oxygen atoms in total. The van der Waals surface area contributed by atoms with Gasteiger partial charge in [0, 0.05) is 6.04 Å². The van der Waals surface area contributed by atoms with E-state index in [1.807, 2.05) is 6.92 Å². The number of halogens is 1. The van der Waals surface area contributed by atoms with E-state index in [2.05, 4.69) is 19.9 Å². The Hall–Kier alpha value is -0.440. The first-order chi connectivity index (χ1) is 6.75. The van der Waals surface area contributed by atoms with Gasteiger partial charge >= 0.3 is 0 Å². The van der Waals surface area contributed by atoms with Gasteiger partial charge in [-0.3, -0.25) is 0 Å². The Morgan fingerprint density at radius 3 is 2.93 bits per heavy atom. The third kappa shape index (κ3) is 3.90. The first-order valence-corrected chi connectivity index (χ1v) is 5.37. The number of aliphatic imine (C=N–C) groups is 1. The molecule has 0 saturated heterocycles. The summed E-state index contributed by atoms with van der Waals surface area (Å²) in [6, 6.07) is 0.555. The lowest BCUT2D eigenvalue weighted by Crippen LogP contribution is -2.33. The van der Waals surface area contributed by atoms with Gasteiger partial charge in [0.1, 0.15) is 0 Å². The molecule has 1 aromatic rings. The van der Waals surface area contributed by atoms with Gasteiger partial charge in [-0.2, -0.15) is 0 Å². The molecule has 15 heavy (non-hydrogen) atoms. The molecule has 2 rings (SSSR count). The van der Waals surface area contributed by atoms with E-state index in [4.69, 9.17) is 5.73 Å². The topological polar surface area (TPSA) is 76.2 Å². The van der Waals surface area contributed by atoms with Crippen molar-refractivity contribution in [3.05, 3.63) is 10.6 Å². The number of nitrogens with zero attached hydrogens (tertiary/aromatic N) is 3. The molecular weight excluding hydrogens is 325 g/mol. The Morgan fingerprint density at radius 2 is 2.40 bits per heavy atom. The number of rotatable bonds is 3. The van der Waals surface area contributed by atoms with E-state index in [0.717, 1.165) is 10.6 Å². The van der Waals surface area contributed by atoms with Gasteiger partial charge in [-0.15, -0.1) is 29.1 Å². The van der Waals surface area contributed by atoms with Gasteiger partial charge in [0.25, 0.3) is 0 Å². The maximum absolute atomic E-state index is 5.68. The lowest BCUT2D eigenvalue weighted by atomic mass is 10.4. The van der Waals surface area contributed by atoms with E-state index in [0.29, 0.717) is 18.5 Å². The highest BCUT2D eigenvalue weighted by Crippen LogP contribution is 2.18. The molecule has 1 aromatic heterocycles. The number of aromatic nitrogens is 2. The summed E-state index contributed by atoms with van der Waals surface area (Å²) in [7, 11) is 0. The Labute approximate surface area is 110 Å². The monoisotopic (exact) mass is 339 g/mol. The molecular formula is C8H14IN5S. The number of guanidine groups is 1. The van der Waals surface area contributed by atoms with Crippen molar-refractivity contribution in [2.24, 2.45) is 10.7 Å². The van der Waals surface area contributed by atoms with Gasteiger partial charge in [-0.25, -0.2) is 4.99 Å². The van der Waals surface area contributed by atoms with E-state index in [1.54, 1.807) is 0 Å². The summed E-state index contributed by atoms with van der Waals surface area (Å²) >= 11 is 1.37. The van der Waals surface area contributed by atoms with Crippen LogP contribution in [-0.2, 0) is 6.54 Å². The summed E-state index contributed by atoms with van der Waals surface area (Å²) in [5.41, 5.74) is 6.63. The van der Waals surface area contributed by atoms with Gasteiger partial charge in [0.2, 0.25) is 0 Å². The van der Waals surface area contributed by atoms with Crippen LogP contribution in [0.15, 0.2) is 4.99 Å². The maximum atomic E-state index is 5.68. The van der Waals surface area contributed by atoms with Crippen LogP contribution >= 0.6 is 35.5 Å². The first kappa shape index (κ1) is 12.6. The maximum Gasteiger partial charge on any atom is 0.189 e. The molecule has 0 radical (unpaired) electrons. The molecule has 84 valence electrons. The van der Waals surface area contributed by atoms with Crippen molar-refractivity contribution in [2.45, 2.75) is 32.4 Å². The molecule has 0 unspecified atom stereocenters. The second kappa shape index (κ2) is 5.59. The van der Waals surface area contributed by atoms with Crippen LogP contribution in [0.2, 0.25) is 0 Å². The minimum Gasteiger partial charge on any atom is -0.370 e. The van der Waals surface area contributed by atoms with Gasteiger partial charge in [-0.1, -0.05) is 4.49 Å². The van der Waals surface area contributed by atoms with Crippen LogP contribution in [0.25, 0.3) is 0 Å².